The summed E-state index contributed by atoms with van der Waals surface area (Å²) in [5.41, 5.74) is 1.11. The number of allylic oxidation sites excluding steroid dienone is 3. The summed E-state index contributed by atoms with van der Waals surface area (Å²) in [6.45, 7) is 8.00. The Labute approximate surface area is 72.1 Å². The summed E-state index contributed by atoms with van der Waals surface area (Å²) in [5, 5.41) is 0. The Morgan fingerprint density at radius 2 is 2.20 bits per heavy atom. The van der Waals surface area contributed by atoms with Crippen molar-refractivity contribution in [3.63, 3.8) is 0 Å². The standard InChI is InChI=1S/C9H15Br/c1-4-5-6-9(10)7-8(2)3/h7H,2,4-6H2,1,3H3. The molecule has 0 aliphatic rings. The summed E-state index contributed by atoms with van der Waals surface area (Å²) in [4.78, 5) is 0. The molecule has 0 aromatic heterocycles. The third-order valence-electron chi connectivity index (χ3n) is 1.17. The van der Waals surface area contributed by atoms with E-state index >= 15 is 0 Å². The number of hydrogen-bond acceptors (Lipinski definition) is 0. The normalized spacial score (nSPS) is 11.7. The maximum absolute atomic E-state index is 3.80. The Kier molecular flexibility index (Phi) is 5.70. The zero-order valence-corrected chi connectivity index (χ0v) is 8.37. The first-order valence-corrected chi connectivity index (χ1v) is 4.47. The largest absolute Gasteiger partial charge is 0.0961 e. The molecule has 0 spiro atoms. The van der Waals surface area contributed by atoms with Crippen molar-refractivity contribution >= 4 is 15.9 Å². The molecule has 0 heterocycles. The van der Waals surface area contributed by atoms with Gasteiger partial charge in [-0.15, -0.1) is 0 Å². The van der Waals surface area contributed by atoms with E-state index in [0.29, 0.717) is 0 Å². The van der Waals surface area contributed by atoms with Crippen LogP contribution >= 0.6 is 15.9 Å². The number of rotatable bonds is 4. The van der Waals surface area contributed by atoms with Crippen LogP contribution in [0.2, 0.25) is 0 Å². The van der Waals surface area contributed by atoms with E-state index in [4.69, 9.17) is 0 Å². The summed E-state index contributed by atoms with van der Waals surface area (Å²) in [6.07, 6.45) is 5.72. The molecule has 0 rings (SSSR count). The number of unbranched alkanes of at least 4 members (excludes halogenated alkanes) is 1. The molecule has 0 N–H and O–H groups in total. The molecule has 0 amide bonds. The zero-order chi connectivity index (χ0) is 7.98. The molecular formula is C9H15Br. The molecule has 0 fully saturated rings. The molecule has 0 radical (unpaired) electrons. The van der Waals surface area contributed by atoms with Gasteiger partial charge in [-0.25, -0.2) is 0 Å². The van der Waals surface area contributed by atoms with E-state index in [1.165, 1.54) is 17.3 Å². The molecule has 0 aromatic carbocycles. The third kappa shape index (κ3) is 6.09. The quantitative estimate of drug-likeness (QED) is 0.605. The van der Waals surface area contributed by atoms with E-state index in [9.17, 15) is 0 Å². The summed E-state index contributed by atoms with van der Waals surface area (Å²) >= 11 is 3.48. The van der Waals surface area contributed by atoms with Crippen LogP contribution in [0.3, 0.4) is 0 Å². The summed E-state index contributed by atoms with van der Waals surface area (Å²) in [6, 6.07) is 0. The Morgan fingerprint density at radius 3 is 2.60 bits per heavy atom. The van der Waals surface area contributed by atoms with Gasteiger partial charge in [0.05, 0.1) is 0 Å². The predicted molar refractivity (Wildman–Crippen MR) is 51.3 cm³/mol. The van der Waals surface area contributed by atoms with Crippen LogP contribution in [0.5, 0.6) is 0 Å². The lowest BCUT2D eigenvalue weighted by molar-refractivity contribution is 0.810. The van der Waals surface area contributed by atoms with Crippen LogP contribution in [0.25, 0.3) is 0 Å². The van der Waals surface area contributed by atoms with E-state index in [-0.39, 0.29) is 0 Å². The molecule has 0 aliphatic heterocycles. The maximum Gasteiger partial charge on any atom is -0.00469 e. The van der Waals surface area contributed by atoms with E-state index in [1.807, 2.05) is 6.92 Å². The highest BCUT2D eigenvalue weighted by atomic mass is 79.9. The van der Waals surface area contributed by atoms with E-state index in [1.54, 1.807) is 0 Å². The average molecular weight is 203 g/mol. The fraction of sp³-hybridized carbons (Fsp3) is 0.556. The Morgan fingerprint density at radius 1 is 1.60 bits per heavy atom. The van der Waals surface area contributed by atoms with Crippen molar-refractivity contribution in [2.24, 2.45) is 0 Å². The second-order valence-electron chi connectivity index (χ2n) is 2.54. The molecule has 0 bridgehead atoms. The van der Waals surface area contributed by atoms with Gasteiger partial charge in [0.15, 0.2) is 0 Å². The maximum atomic E-state index is 3.80. The van der Waals surface area contributed by atoms with Crippen molar-refractivity contribution in [3.05, 3.63) is 22.7 Å². The molecule has 0 aromatic rings. The second-order valence-corrected chi connectivity index (χ2v) is 3.56. The minimum Gasteiger partial charge on any atom is -0.0961 e. The summed E-state index contributed by atoms with van der Waals surface area (Å²) in [7, 11) is 0. The van der Waals surface area contributed by atoms with Crippen molar-refractivity contribution in [2.45, 2.75) is 33.1 Å². The van der Waals surface area contributed by atoms with E-state index in [2.05, 4.69) is 35.5 Å². The van der Waals surface area contributed by atoms with Gasteiger partial charge in [-0.1, -0.05) is 41.4 Å². The van der Waals surface area contributed by atoms with Gasteiger partial charge in [0.1, 0.15) is 0 Å². The molecule has 0 unspecified atom stereocenters. The lowest BCUT2D eigenvalue weighted by Crippen LogP contribution is -1.74. The Balaban J connectivity index is 3.60. The summed E-state index contributed by atoms with van der Waals surface area (Å²) < 4.78 is 1.27. The van der Waals surface area contributed by atoms with Crippen molar-refractivity contribution in [1.29, 1.82) is 0 Å². The monoisotopic (exact) mass is 202 g/mol. The van der Waals surface area contributed by atoms with E-state index in [0.717, 1.165) is 12.0 Å². The first kappa shape index (κ1) is 9.96. The van der Waals surface area contributed by atoms with Gasteiger partial charge in [0, 0.05) is 0 Å². The van der Waals surface area contributed by atoms with Crippen LogP contribution < -0.4 is 0 Å². The minimum atomic E-state index is 1.11. The third-order valence-corrected chi connectivity index (χ3v) is 1.80. The van der Waals surface area contributed by atoms with Gasteiger partial charge in [-0.2, -0.15) is 0 Å². The zero-order valence-electron chi connectivity index (χ0n) is 6.78. The van der Waals surface area contributed by atoms with Crippen LogP contribution in [-0.2, 0) is 0 Å². The van der Waals surface area contributed by atoms with Crippen LogP contribution in [0, 0.1) is 0 Å². The van der Waals surface area contributed by atoms with Crippen molar-refractivity contribution in [3.8, 4) is 0 Å². The molecule has 0 atom stereocenters. The Bertz CT molecular complexity index is 134. The molecular weight excluding hydrogens is 188 g/mol. The summed E-state index contributed by atoms with van der Waals surface area (Å²) in [5.74, 6) is 0. The highest BCUT2D eigenvalue weighted by Crippen LogP contribution is 2.15. The number of halogens is 1. The fourth-order valence-electron chi connectivity index (χ4n) is 0.685. The topological polar surface area (TPSA) is 0 Å². The molecule has 10 heavy (non-hydrogen) atoms. The van der Waals surface area contributed by atoms with Crippen LogP contribution in [-0.4, -0.2) is 0 Å². The molecule has 1 heteroatoms. The highest BCUT2D eigenvalue weighted by Gasteiger charge is 1.89. The van der Waals surface area contributed by atoms with E-state index < -0.39 is 0 Å². The van der Waals surface area contributed by atoms with Crippen molar-refractivity contribution in [2.75, 3.05) is 0 Å². The first-order valence-electron chi connectivity index (χ1n) is 3.68. The lowest BCUT2D eigenvalue weighted by atomic mass is 10.2. The SMILES string of the molecule is C=C(C)C=C(Br)CCCC. The van der Waals surface area contributed by atoms with Gasteiger partial charge in [0.25, 0.3) is 0 Å². The fourth-order valence-corrected chi connectivity index (χ4v) is 1.36. The minimum absolute atomic E-state index is 1.11. The smallest absolute Gasteiger partial charge is 0.00469 e. The van der Waals surface area contributed by atoms with Crippen LogP contribution in [0.15, 0.2) is 22.7 Å². The second kappa shape index (κ2) is 5.72. The average Bonchev–Trinajstić information content (AvgIpc) is 1.82. The Hall–Kier alpha value is -0.0400. The molecule has 0 saturated heterocycles. The molecule has 58 valence electrons. The van der Waals surface area contributed by atoms with Crippen LogP contribution in [0.4, 0.5) is 0 Å². The number of hydrogen-bond donors (Lipinski definition) is 0. The van der Waals surface area contributed by atoms with Crippen molar-refractivity contribution in [1.82, 2.24) is 0 Å². The van der Waals surface area contributed by atoms with Gasteiger partial charge < -0.3 is 0 Å². The van der Waals surface area contributed by atoms with Gasteiger partial charge >= 0.3 is 0 Å². The predicted octanol–water partition coefficient (Wildman–Crippen LogP) is 4.03. The van der Waals surface area contributed by atoms with Crippen molar-refractivity contribution < 1.29 is 0 Å². The van der Waals surface area contributed by atoms with Gasteiger partial charge in [-0.05, 0) is 30.3 Å². The highest BCUT2D eigenvalue weighted by molar-refractivity contribution is 9.11. The van der Waals surface area contributed by atoms with Crippen LogP contribution in [0.1, 0.15) is 33.1 Å². The molecule has 0 saturated carbocycles. The molecule has 0 nitrogen and oxygen atoms in total. The lowest BCUT2D eigenvalue weighted by Gasteiger charge is -1.95. The van der Waals surface area contributed by atoms with Gasteiger partial charge in [-0.3, -0.25) is 0 Å². The molecule has 0 aliphatic carbocycles. The van der Waals surface area contributed by atoms with Gasteiger partial charge in [0.2, 0.25) is 0 Å². The first-order chi connectivity index (χ1) is 4.66.